The van der Waals surface area contributed by atoms with Gasteiger partial charge in [-0.2, -0.15) is 0 Å². The Morgan fingerprint density at radius 3 is 2.50 bits per heavy atom. The van der Waals surface area contributed by atoms with Gasteiger partial charge in [0.1, 0.15) is 0 Å². The van der Waals surface area contributed by atoms with Crippen LogP contribution in [0.3, 0.4) is 0 Å². The van der Waals surface area contributed by atoms with Crippen molar-refractivity contribution >= 4 is 11.6 Å². The SMILES string of the molecule is CN(CCl)CCC1CCCCC1. The van der Waals surface area contributed by atoms with Crippen molar-refractivity contribution in [1.29, 1.82) is 0 Å². The second-order valence-corrected chi connectivity index (χ2v) is 4.23. The minimum absolute atomic E-state index is 0.673. The average molecular weight is 190 g/mol. The molecule has 0 heterocycles. The first-order valence-corrected chi connectivity index (χ1v) is 5.61. The van der Waals surface area contributed by atoms with Crippen LogP contribution in [0.2, 0.25) is 0 Å². The predicted molar refractivity (Wildman–Crippen MR) is 54.5 cm³/mol. The van der Waals surface area contributed by atoms with Crippen molar-refractivity contribution in [1.82, 2.24) is 4.90 Å². The monoisotopic (exact) mass is 189 g/mol. The number of hydrogen-bond donors (Lipinski definition) is 0. The van der Waals surface area contributed by atoms with E-state index in [1.54, 1.807) is 0 Å². The lowest BCUT2D eigenvalue weighted by Crippen LogP contribution is -2.21. The highest BCUT2D eigenvalue weighted by molar-refractivity contribution is 6.17. The van der Waals surface area contributed by atoms with Gasteiger partial charge < -0.3 is 0 Å². The molecule has 0 unspecified atom stereocenters. The molecule has 1 rings (SSSR count). The van der Waals surface area contributed by atoms with E-state index in [0.717, 1.165) is 5.92 Å². The lowest BCUT2D eigenvalue weighted by atomic mass is 9.87. The Labute approximate surface area is 81.1 Å². The second-order valence-electron chi connectivity index (χ2n) is 3.99. The van der Waals surface area contributed by atoms with Gasteiger partial charge in [-0.25, -0.2) is 0 Å². The lowest BCUT2D eigenvalue weighted by Gasteiger charge is -2.23. The van der Waals surface area contributed by atoms with Crippen molar-refractivity contribution in [3.8, 4) is 0 Å². The molecule has 0 aromatic heterocycles. The first-order chi connectivity index (χ1) is 5.83. The van der Waals surface area contributed by atoms with Gasteiger partial charge in [0.15, 0.2) is 0 Å². The number of halogens is 1. The highest BCUT2D eigenvalue weighted by Gasteiger charge is 2.13. The maximum absolute atomic E-state index is 5.70. The molecule has 1 fully saturated rings. The van der Waals surface area contributed by atoms with E-state index in [0.29, 0.717) is 6.00 Å². The minimum Gasteiger partial charge on any atom is -0.293 e. The molecular formula is C10H20ClN. The van der Waals surface area contributed by atoms with Crippen molar-refractivity contribution < 1.29 is 0 Å². The summed E-state index contributed by atoms with van der Waals surface area (Å²) >= 11 is 5.70. The van der Waals surface area contributed by atoms with E-state index in [1.165, 1.54) is 45.1 Å². The van der Waals surface area contributed by atoms with Gasteiger partial charge in [0, 0.05) is 0 Å². The van der Waals surface area contributed by atoms with Crippen LogP contribution in [-0.4, -0.2) is 24.5 Å². The summed E-state index contributed by atoms with van der Waals surface area (Å²) in [7, 11) is 2.09. The van der Waals surface area contributed by atoms with Crippen LogP contribution in [0.15, 0.2) is 0 Å². The molecule has 0 aliphatic heterocycles. The fraction of sp³-hybridized carbons (Fsp3) is 1.00. The summed E-state index contributed by atoms with van der Waals surface area (Å²) in [6.45, 7) is 1.17. The molecule has 0 amide bonds. The largest absolute Gasteiger partial charge is 0.293 e. The molecule has 12 heavy (non-hydrogen) atoms. The summed E-state index contributed by atoms with van der Waals surface area (Å²) in [5.41, 5.74) is 0. The standard InChI is InChI=1S/C10H20ClN/c1-12(9-11)8-7-10-5-3-2-4-6-10/h10H,2-9H2,1H3. The average Bonchev–Trinajstić information content (AvgIpc) is 2.16. The van der Waals surface area contributed by atoms with Crippen LogP contribution in [0.4, 0.5) is 0 Å². The van der Waals surface area contributed by atoms with Crippen LogP contribution in [0.1, 0.15) is 38.5 Å². The van der Waals surface area contributed by atoms with Crippen LogP contribution < -0.4 is 0 Å². The van der Waals surface area contributed by atoms with Crippen molar-refractivity contribution in [3.63, 3.8) is 0 Å². The Kier molecular flexibility index (Phi) is 5.01. The van der Waals surface area contributed by atoms with Gasteiger partial charge in [-0.05, 0) is 25.9 Å². The zero-order valence-electron chi connectivity index (χ0n) is 8.06. The Morgan fingerprint density at radius 1 is 1.25 bits per heavy atom. The van der Waals surface area contributed by atoms with Gasteiger partial charge in [-0.3, -0.25) is 4.90 Å². The fourth-order valence-electron chi connectivity index (χ4n) is 1.94. The van der Waals surface area contributed by atoms with E-state index in [2.05, 4.69) is 11.9 Å². The summed E-state index contributed by atoms with van der Waals surface area (Å²) in [5, 5.41) is 0. The van der Waals surface area contributed by atoms with Gasteiger partial charge in [-0.15, -0.1) is 11.6 Å². The number of hydrogen-bond acceptors (Lipinski definition) is 1. The Morgan fingerprint density at radius 2 is 1.92 bits per heavy atom. The Bertz CT molecular complexity index is 110. The van der Waals surface area contributed by atoms with Crippen LogP contribution in [0.5, 0.6) is 0 Å². The molecule has 2 heteroatoms. The second kappa shape index (κ2) is 5.82. The maximum atomic E-state index is 5.70. The van der Waals surface area contributed by atoms with E-state index in [-0.39, 0.29) is 0 Å². The molecule has 0 aromatic rings. The normalized spacial score (nSPS) is 20.2. The van der Waals surface area contributed by atoms with E-state index in [9.17, 15) is 0 Å². The molecule has 1 aliphatic carbocycles. The molecule has 0 aromatic carbocycles. The predicted octanol–water partition coefficient (Wildman–Crippen LogP) is 3.08. The number of nitrogens with zero attached hydrogens (tertiary/aromatic N) is 1. The first kappa shape index (κ1) is 10.3. The highest BCUT2D eigenvalue weighted by atomic mass is 35.5. The Hall–Kier alpha value is 0.250. The molecule has 1 saturated carbocycles. The molecule has 0 atom stereocenters. The zero-order valence-corrected chi connectivity index (χ0v) is 8.82. The molecule has 1 nitrogen and oxygen atoms in total. The molecule has 0 radical (unpaired) electrons. The fourth-order valence-corrected chi connectivity index (χ4v) is 2.06. The minimum atomic E-state index is 0.673. The zero-order chi connectivity index (χ0) is 8.81. The molecule has 0 bridgehead atoms. The first-order valence-electron chi connectivity index (χ1n) is 5.07. The third kappa shape index (κ3) is 3.77. The summed E-state index contributed by atoms with van der Waals surface area (Å²) in [6, 6.07) is 0.673. The number of rotatable bonds is 4. The summed E-state index contributed by atoms with van der Waals surface area (Å²) in [5.74, 6) is 0.990. The third-order valence-corrected chi connectivity index (χ3v) is 3.26. The van der Waals surface area contributed by atoms with Crippen molar-refractivity contribution in [2.24, 2.45) is 5.92 Å². The van der Waals surface area contributed by atoms with E-state index in [1.807, 2.05) is 0 Å². The number of alkyl halides is 1. The molecular weight excluding hydrogens is 170 g/mol. The van der Waals surface area contributed by atoms with E-state index >= 15 is 0 Å². The molecule has 0 N–H and O–H groups in total. The van der Waals surface area contributed by atoms with E-state index in [4.69, 9.17) is 11.6 Å². The van der Waals surface area contributed by atoms with Crippen molar-refractivity contribution in [2.45, 2.75) is 38.5 Å². The van der Waals surface area contributed by atoms with Gasteiger partial charge in [0.05, 0.1) is 6.00 Å². The van der Waals surface area contributed by atoms with E-state index < -0.39 is 0 Å². The van der Waals surface area contributed by atoms with Gasteiger partial charge in [0.2, 0.25) is 0 Å². The molecule has 1 aliphatic rings. The lowest BCUT2D eigenvalue weighted by molar-refractivity contribution is 0.285. The van der Waals surface area contributed by atoms with Crippen molar-refractivity contribution in [3.05, 3.63) is 0 Å². The molecule has 0 spiro atoms. The third-order valence-electron chi connectivity index (χ3n) is 2.85. The quantitative estimate of drug-likeness (QED) is 0.486. The molecule has 0 saturated heterocycles. The summed E-state index contributed by atoms with van der Waals surface area (Å²) < 4.78 is 0. The van der Waals surface area contributed by atoms with Crippen LogP contribution in [0, 0.1) is 5.92 Å². The smallest absolute Gasteiger partial charge is 0.0735 e. The highest BCUT2D eigenvalue weighted by Crippen LogP contribution is 2.26. The maximum Gasteiger partial charge on any atom is 0.0735 e. The van der Waals surface area contributed by atoms with Gasteiger partial charge >= 0.3 is 0 Å². The summed E-state index contributed by atoms with van der Waals surface area (Å²) in [4.78, 5) is 2.19. The summed E-state index contributed by atoms with van der Waals surface area (Å²) in [6.07, 6.45) is 8.63. The van der Waals surface area contributed by atoms with Gasteiger partial charge in [-0.1, -0.05) is 32.1 Å². The topological polar surface area (TPSA) is 3.24 Å². The van der Waals surface area contributed by atoms with Crippen molar-refractivity contribution in [2.75, 3.05) is 19.6 Å². The van der Waals surface area contributed by atoms with Gasteiger partial charge in [0.25, 0.3) is 0 Å². The Balaban J connectivity index is 2.05. The van der Waals surface area contributed by atoms with Crippen LogP contribution in [-0.2, 0) is 0 Å². The molecule has 72 valence electrons. The van der Waals surface area contributed by atoms with Crippen LogP contribution in [0.25, 0.3) is 0 Å². The van der Waals surface area contributed by atoms with Crippen LogP contribution >= 0.6 is 11.6 Å².